The van der Waals surface area contributed by atoms with Gasteiger partial charge in [0.25, 0.3) is 16.7 Å². The Bertz CT molecular complexity index is 6650. The van der Waals surface area contributed by atoms with Crippen LogP contribution >= 0.6 is 92.8 Å². The molecule has 3 aliphatic heterocycles. The summed E-state index contributed by atoms with van der Waals surface area (Å²) in [5.41, 5.74) is 3.75. The number of phenolic OH excluding ortho intramolecular Hbond substituents is 2. The van der Waals surface area contributed by atoms with Crippen molar-refractivity contribution in [2.75, 3.05) is 99.0 Å². The van der Waals surface area contributed by atoms with Crippen LogP contribution in [0.4, 0.5) is 53.5 Å². The highest BCUT2D eigenvalue weighted by Crippen LogP contribution is 2.51. The van der Waals surface area contributed by atoms with Crippen LogP contribution in [0.3, 0.4) is 0 Å². The van der Waals surface area contributed by atoms with E-state index >= 15 is 8.78 Å². The van der Waals surface area contributed by atoms with Crippen LogP contribution in [-0.4, -0.2) is 165 Å². The number of benzene rings is 3. The smallest absolute Gasteiger partial charge is 0.276 e. The summed E-state index contributed by atoms with van der Waals surface area (Å²) >= 11 is 50.0. The zero-order valence-electron chi connectivity index (χ0n) is 72.9. The largest absolute Gasteiger partial charge is 0.506 e. The quantitative estimate of drug-likeness (QED) is 0.0282. The van der Waals surface area contributed by atoms with E-state index in [4.69, 9.17) is 98.5 Å². The molecular formula is C93H76Cl8F7N19O8. The molecule has 3 amide bonds. The number of nitriles is 3. The Balaban J connectivity index is 0.000000171. The van der Waals surface area contributed by atoms with Crippen molar-refractivity contribution in [1.82, 2.24) is 58.3 Å². The first-order valence-electron chi connectivity index (χ1n) is 41.2. The van der Waals surface area contributed by atoms with Gasteiger partial charge in [-0.1, -0.05) is 154 Å². The molecule has 4 N–H and O–H groups in total. The van der Waals surface area contributed by atoms with Gasteiger partial charge in [0.1, 0.15) is 84.1 Å². The molecule has 0 spiro atoms. The number of carbonyl (C=O) groups excluding carboxylic acids is 3. The van der Waals surface area contributed by atoms with E-state index in [1.165, 1.54) is 50.1 Å². The van der Waals surface area contributed by atoms with Crippen molar-refractivity contribution in [2.45, 2.75) is 80.1 Å². The molecule has 0 radical (unpaired) electrons. The Morgan fingerprint density at radius 1 is 0.400 bits per heavy atom. The fraction of sp³-hybridized carbons (Fsp3) is 0.258. The molecule has 3 saturated heterocycles. The highest BCUT2D eigenvalue weighted by molar-refractivity contribution is 6.40. The maximum atomic E-state index is 15.4. The van der Waals surface area contributed by atoms with Crippen LogP contribution in [0.2, 0.25) is 40.2 Å². The van der Waals surface area contributed by atoms with E-state index < -0.39 is 122 Å². The van der Waals surface area contributed by atoms with E-state index in [9.17, 15) is 76.7 Å². The molecule has 9 aromatic heterocycles. The highest BCUT2D eigenvalue weighted by atomic mass is 35.5. The molecule has 12 aromatic rings. The number of hydrogen-bond donors (Lipinski definition) is 3. The van der Waals surface area contributed by atoms with E-state index in [2.05, 4.69) is 49.6 Å². The maximum Gasteiger partial charge on any atom is 0.276 e. The van der Waals surface area contributed by atoms with Crippen molar-refractivity contribution in [3.63, 3.8) is 0 Å². The molecule has 27 nitrogen and oxygen atoms in total. The summed E-state index contributed by atoms with van der Waals surface area (Å²) in [7, 11) is 0. The molecule has 0 atom stereocenters. The molecule has 135 heavy (non-hydrogen) atoms. The van der Waals surface area contributed by atoms with E-state index in [1.807, 2.05) is 59.8 Å². The van der Waals surface area contributed by atoms with Crippen LogP contribution in [-0.2, 0) is 14.4 Å². The first kappa shape index (κ1) is 99.4. The molecule has 0 aliphatic carbocycles. The lowest BCUT2D eigenvalue weighted by Crippen LogP contribution is -2.49. The number of nitrogens with zero attached hydrogens (tertiary/aromatic N) is 18. The summed E-state index contributed by atoms with van der Waals surface area (Å²) in [6, 6.07) is 15.4. The third-order valence-electron chi connectivity index (χ3n) is 23.1. The predicted octanol–water partition coefficient (Wildman–Crippen LogP) is 19.0. The number of rotatable bonds is 15. The number of anilines is 4. The molecule has 3 aromatic carbocycles. The number of hydrogen-bond acceptors (Lipinski definition) is 21. The molecule has 0 unspecified atom stereocenters. The molecule has 3 aliphatic rings. The van der Waals surface area contributed by atoms with Crippen molar-refractivity contribution in [2.24, 2.45) is 0 Å². The summed E-state index contributed by atoms with van der Waals surface area (Å²) in [6.07, 6.45) is 8.41. The number of nitrogens with two attached hydrogens (primary N) is 1. The molecule has 0 bridgehead atoms. The van der Waals surface area contributed by atoms with Gasteiger partial charge in [0, 0.05) is 113 Å². The summed E-state index contributed by atoms with van der Waals surface area (Å²) in [5, 5.41) is 48.2. The second kappa shape index (κ2) is 39.8. The van der Waals surface area contributed by atoms with Gasteiger partial charge in [-0.15, -0.1) is 0 Å². The van der Waals surface area contributed by atoms with Crippen molar-refractivity contribution >= 4 is 166 Å². The Hall–Kier alpha value is -13.1. The molecule has 15 rings (SSSR count). The van der Waals surface area contributed by atoms with Gasteiger partial charge in [0.05, 0.1) is 110 Å². The van der Waals surface area contributed by atoms with Gasteiger partial charge in [0.15, 0.2) is 40.7 Å². The zero-order valence-corrected chi connectivity index (χ0v) is 79.0. The lowest BCUT2D eigenvalue weighted by Gasteiger charge is -2.36. The van der Waals surface area contributed by atoms with Crippen LogP contribution in [0.1, 0.15) is 110 Å². The van der Waals surface area contributed by atoms with E-state index in [1.54, 1.807) is 87.0 Å². The number of piperazine rings is 3. The summed E-state index contributed by atoms with van der Waals surface area (Å²) in [4.78, 5) is 117. The van der Waals surface area contributed by atoms with Crippen LogP contribution < -0.4 is 37.1 Å². The second-order valence-corrected chi connectivity index (χ2v) is 35.2. The van der Waals surface area contributed by atoms with Crippen molar-refractivity contribution < 1.29 is 55.3 Å². The van der Waals surface area contributed by atoms with Crippen LogP contribution in [0.25, 0.3) is 83.9 Å². The third-order valence-corrected chi connectivity index (χ3v) is 25.7. The van der Waals surface area contributed by atoms with Gasteiger partial charge in [0.2, 0.25) is 17.7 Å². The van der Waals surface area contributed by atoms with Gasteiger partial charge >= 0.3 is 0 Å². The number of pyridine rings is 9. The third kappa shape index (κ3) is 17.7. The fourth-order valence-electron chi connectivity index (χ4n) is 16.5. The summed E-state index contributed by atoms with van der Waals surface area (Å²) in [5.74, 6) is -13.7. The Morgan fingerprint density at radius 3 is 0.911 bits per heavy atom. The van der Waals surface area contributed by atoms with E-state index in [0.717, 1.165) is 0 Å². The van der Waals surface area contributed by atoms with Crippen LogP contribution in [0, 0.1) is 95.5 Å². The summed E-state index contributed by atoms with van der Waals surface area (Å²) < 4.78 is 107. The number of fused-ring (bicyclic) bond motifs is 3. The minimum absolute atomic E-state index is 0.0210. The van der Waals surface area contributed by atoms with E-state index in [0.29, 0.717) is 50.8 Å². The zero-order chi connectivity index (χ0) is 98.7. The molecule has 696 valence electrons. The number of aryl methyl sites for hydroxylation is 3. The summed E-state index contributed by atoms with van der Waals surface area (Å²) in [6.45, 7) is 30.4. The molecule has 12 heterocycles. The monoisotopic (exact) mass is 2000 g/mol. The van der Waals surface area contributed by atoms with E-state index in [-0.39, 0.29) is 207 Å². The molecule has 42 heteroatoms. The lowest BCUT2D eigenvalue weighted by molar-refractivity contribution is -0.127. The number of phenols is 2. The van der Waals surface area contributed by atoms with Gasteiger partial charge in [-0.3, -0.25) is 57.4 Å². The van der Waals surface area contributed by atoms with Crippen molar-refractivity contribution in [1.29, 1.82) is 15.8 Å². The van der Waals surface area contributed by atoms with Gasteiger partial charge in [-0.2, -0.15) is 15.8 Å². The van der Waals surface area contributed by atoms with Gasteiger partial charge in [-0.25, -0.2) is 45.7 Å². The molecule has 0 saturated carbocycles. The Kier molecular flexibility index (Phi) is 29.3. The maximum absolute atomic E-state index is 15.4. The number of nitrogen functional groups attached to an aromatic ring is 1. The number of aromatic hydroxyl groups is 2. The second-order valence-electron chi connectivity index (χ2n) is 32.1. The predicted molar refractivity (Wildman–Crippen MR) is 507 cm³/mol. The van der Waals surface area contributed by atoms with Gasteiger partial charge < -0.3 is 45.3 Å². The first-order chi connectivity index (χ1) is 64.0. The number of amides is 3. The van der Waals surface area contributed by atoms with Crippen LogP contribution in [0.15, 0.2) is 107 Å². The topological polar surface area (TPSA) is 352 Å². The lowest BCUT2D eigenvalue weighted by atomic mass is 10.0. The van der Waals surface area contributed by atoms with Crippen molar-refractivity contribution in [3.05, 3.63) is 255 Å². The average Bonchev–Trinajstić information content (AvgIpc) is 0.728. The first-order valence-corrected chi connectivity index (χ1v) is 44.2. The standard InChI is InChI=1S/2C31H25Cl3F2N6O3.C31H26Cl2F3N7O2/c2*1-5-19(43)40-8-10-41(11-9-40)28-16-12-18(32)26(20-21(33)23(35)24(36)22(34)29(20)44)39-30(16)42(31(45)17(28)13-37)27-15(4)6-7-38-25(27)14(2)3;1-5-19(44)41-8-10-42(11-9-41)29-16-12-18(32)27(20-22(34)21(33)24(36)25(38)23(20)35)40-30(16)43(31(45)17(29)13-37)28-15(4)6-7-39-26(28)14(2)3/h2*5-7,12,14,44H,1,8-11H2,2-4H3;5-7,12,14H,1,8-11,38H2,2-4H3. The minimum atomic E-state index is -1.56. The average molecular weight is 2000 g/mol. The van der Waals surface area contributed by atoms with Crippen LogP contribution in [0.5, 0.6) is 11.5 Å². The number of halogens is 15. The fourth-order valence-corrected chi connectivity index (χ4v) is 18.3. The number of aromatic nitrogens is 9. The highest BCUT2D eigenvalue weighted by Gasteiger charge is 2.38. The molecular weight excluding hydrogens is 1930 g/mol. The van der Waals surface area contributed by atoms with Gasteiger partial charge in [-0.05, 0) is 110 Å². The van der Waals surface area contributed by atoms with Crippen molar-refractivity contribution in [3.8, 4) is 80.5 Å². The number of carbonyl (C=O) groups is 3. The Labute approximate surface area is 805 Å². The minimum Gasteiger partial charge on any atom is -0.506 e. The Morgan fingerprint density at radius 2 is 0.659 bits per heavy atom. The molecule has 3 fully saturated rings. The normalized spacial score (nSPS) is 13.4. The SMILES string of the molecule is C=CC(=O)N1CCN(c2c(C#N)c(=O)n(-c3c(C)ccnc3C(C)C)c3nc(-c4c(F)c(N)c(F)c(Cl)c4F)c(Cl)cc23)CC1.C=CC(=O)N1CCN(c2c(C#N)c(=O)n(-c3c(C)ccnc3C(C)C)c3nc(-c4c(O)c(Cl)c(F)c(F)c4Cl)c(Cl)cc23)CC1.C=CC(=O)N1CCN(c2c(C#N)c(=O)n(-c3c(C)ccnc3C(C)C)c3nc(-c4c(O)c(Cl)c(F)c(F)c4Cl)c(Cl)cc23)CC1.